The standard InChI is InChI=1S/C9H12BrNO2S/c1-11(8-7-10)14(12,13)9-5-3-2-4-6-9/h2-6H,7-8H2,1H3. The molecule has 1 rings (SSSR count). The van der Waals surface area contributed by atoms with Gasteiger partial charge in [-0.3, -0.25) is 0 Å². The van der Waals surface area contributed by atoms with Crippen molar-refractivity contribution in [1.29, 1.82) is 0 Å². The number of alkyl halides is 1. The molecule has 0 aliphatic rings. The van der Waals surface area contributed by atoms with Gasteiger partial charge in [0.1, 0.15) is 0 Å². The van der Waals surface area contributed by atoms with Crippen LogP contribution in [0.2, 0.25) is 0 Å². The van der Waals surface area contributed by atoms with Gasteiger partial charge in [-0.1, -0.05) is 34.1 Å². The number of halogens is 1. The van der Waals surface area contributed by atoms with Gasteiger partial charge in [-0.15, -0.1) is 0 Å². The van der Waals surface area contributed by atoms with Gasteiger partial charge in [-0.2, -0.15) is 0 Å². The summed E-state index contributed by atoms with van der Waals surface area (Å²) in [6.45, 7) is 0.469. The Balaban J connectivity index is 2.97. The van der Waals surface area contributed by atoms with Gasteiger partial charge in [0.25, 0.3) is 0 Å². The minimum atomic E-state index is -3.30. The maximum atomic E-state index is 11.8. The van der Waals surface area contributed by atoms with Crippen LogP contribution in [-0.4, -0.2) is 31.6 Å². The maximum Gasteiger partial charge on any atom is 0.242 e. The molecule has 0 atom stereocenters. The van der Waals surface area contributed by atoms with Crippen LogP contribution in [0.25, 0.3) is 0 Å². The highest BCUT2D eigenvalue weighted by Crippen LogP contribution is 2.12. The summed E-state index contributed by atoms with van der Waals surface area (Å²) in [7, 11) is -1.72. The van der Waals surface area contributed by atoms with E-state index in [0.29, 0.717) is 16.8 Å². The van der Waals surface area contributed by atoms with E-state index in [9.17, 15) is 8.42 Å². The van der Waals surface area contributed by atoms with E-state index in [-0.39, 0.29) is 0 Å². The Morgan fingerprint density at radius 3 is 2.36 bits per heavy atom. The Morgan fingerprint density at radius 1 is 1.29 bits per heavy atom. The number of hydrogen-bond acceptors (Lipinski definition) is 2. The number of benzene rings is 1. The van der Waals surface area contributed by atoms with E-state index in [1.165, 1.54) is 4.31 Å². The van der Waals surface area contributed by atoms with E-state index in [4.69, 9.17) is 0 Å². The number of rotatable bonds is 4. The average Bonchev–Trinajstić information content (AvgIpc) is 2.19. The molecule has 5 heteroatoms. The molecule has 0 aromatic heterocycles. The van der Waals surface area contributed by atoms with Gasteiger partial charge in [0.2, 0.25) is 10.0 Å². The third kappa shape index (κ3) is 2.56. The lowest BCUT2D eigenvalue weighted by Gasteiger charge is -2.15. The van der Waals surface area contributed by atoms with Gasteiger partial charge in [-0.05, 0) is 12.1 Å². The smallest absolute Gasteiger partial charge is 0.207 e. The van der Waals surface area contributed by atoms with Gasteiger partial charge < -0.3 is 0 Å². The van der Waals surface area contributed by atoms with Crippen LogP contribution in [0, 0.1) is 0 Å². The molecule has 0 unspecified atom stereocenters. The summed E-state index contributed by atoms with van der Waals surface area (Å²) in [6.07, 6.45) is 0. The lowest BCUT2D eigenvalue weighted by Crippen LogP contribution is -2.28. The molecule has 0 saturated carbocycles. The molecular formula is C9H12BrNO2S. The van der Waals surface area contributed by atoms with Crippen molar-refractivity contribution in [3.05, 3.63) is 30.3 Å². The molecule has 0 aliphatic heterocycles. The molecular weight excluding hydrogens is 266 g/mol. The van der Waals surface area contributed by atoms with Crippen molar-refractivity contribution in [2.75, 3.05) is 18.9 Å². The summed E-state index contributed by atoms with van der Waals surface area (Å²) >= 11 is 3.21. The highest BCUT2D eigenvalue weighted by molar-refractivity contribution is 9.09. The Bertz CT molecular complexity index is 377. The fourth-order valence-corrected chi connectivity index (χ4v) is 2.97. The van der Waals surface area contributed by atoms with Crippen molar-refractivity contribution in [1.82, 2.24) is 4.31 Å². The second-order valence-electron chi connectivity index (χ2n) is 2.83. The summed E-state index contributed by atoms with van der Waals surface area (Å²) < 4.78 is 25.0. The van der Waals surface area contributed by atoms with E-state index in [1.54, 1.807) is 37.4 Å². The Hall–Kier alpha value is -0.390. The van der Waals surface area contributed by atoms with Crippen LogP contribution < -0.4 is 0 Å². The van der Waals surface area contributed by atoms with Crippen LogP contribution in [0.15, 0.2) is 35.2 Å². The average molecular weight is 278 g/mol. The minimum Gasteiger partial charge on any atom is -0.207 e. The Morgan fingerprint density at radius 2 is 1.86 bits per heavy atom. The second kappa shape index (κ2) is 4.91. The van der Waals surface area contributed by atoms with Crippen molar-refractivity contribution in [3.8, 4) is 0 Å². The molecule has 0 amide bonds. The quantitative estimate of drug-likeness (QED) is 0.786. The lowest BCUT2D eigenvalue weighted by molar-refractivity contribution is 0.489. The number of nitrogens with zero attached hydrogens (tertiary/aromatic N) is 1. The fraction of sp³-hybridized carbons (Fsp3) is 0.333. The summed E-state index contributed by atoms with van der Waals surface area (Å²) in [5.41, 5.74) is 0. The first-order valence-electron chi connectivity index (χ1n) is 4.16. The van der Waals surface area contributed by atoms with Crippen molar-refractivity contribution in [3.63, 3.8) is 0 Å². The second-order valence-corrected chi connectivity index (χ2v) is 5.67. The summed E-state index contributed by atoms with van der Waals surface area (Å²) in [5.74, 6) is 0. The summed E-state index contributed by atoms with van der Waals surface area (Å²) in [6, 6.07) is 8.42. The normalized spacial score (nSPS) is 11.9. The summed E-state index contributed by atoms with van der Waals surface area (Å²) in [5, 5.41) is 0.634. The minimum absolute atomic E-state index is 0.337. The van der Waals surface area contributed by atoms with E-state index < -0.39 is 10.0 Å². The zero-order valence-corrected chi connectivity index (χ0v) is 10.3. The monoisotopic (exact) mass is 277 g/mol. The van der Waals surface area contributed by atoms with Gasteiger partial charge in [0.05, 0.1) is 4.90 Å². The Kier molecular flexibility index (Phi) is 4.10. The van der Waals surface area contributed by atoms with Gasteiger partial charge in [0.15, 0.2) is 0 Å². The van der Waals surface area contributed by atoms with Crippen LogP contribution in [-0.2, 0) is 10.0 Å². The third-order valence-electron chi connectivity index (χ3n) is 1.85. The van der Waals surface area contributed by atoms with E-state index in [2.05, 4.69) is 15.9 Å². The molecule has 0 saturated heterocycles. The predicted octanol–water partition coefficient (Wildman–Crippen LogP) is 1.70. The first kappa shape index (κ1) is 11.7. The molecule has 0 radical (unpaired) electrons. The molecule has 0 N–H and O–H groups in total. The lowest BCUT2D eigenvalue weighted by atomic mass is 10.4. The molecule has 0 bridgehead atoms. The van der Waals surface area contributed by atoms with Gasteiger partial charge in [0, 0.05) is 18.9 Å². The first-order valence-corrected chi connectivity index (χ1v) is 6.72. The Labute approximate surface area is 92.9 Å². The van der Waals surface area contributed by atoms with Crippen LogP contribution in [0.1, 0.15) is 0 Å². The number of sulfonamides is 1. The maximum absolute atomic E-state index is 11.8. The van der Waals surface area contributed by atoms with E-state index >= 15 is 0 Å². The van der Waals surface area contributed by atoms with Crippen molar-refractivity contribution < 1.29 is 8.42 Å². The van der Waals surface area contributed by atoms with Crippen LogP contribution in [0.5, 0.6) is 0 Å². The first-order chi connectivity index (χ1) is 6.59. The van der Waals surface area contributed by atoms with Crippen molar-refractivity contribution in [2.45, 2.75) is 4.90 Å². The van der Waals surface area contributed by atoms with Gasteiger partial charge in [-0.25, -0.2) is 12.7 Å². The van der Waals surface area contributed by atoms with Gasteiger partial charge >= 0.3 is 0 Å². The fourth-order valence-electron chi connectivity index (χ4n) is 1.01. The van der Waals surface area contributed by atoms with E-state index in [1.807, 2.05) is 0 Å². The van der Waals surface area contributed by atoms with Crippen LogP contribution in [0.3, 0.4) is 0 Å². The van der Waals surface area contributed by atoms with E-state index in [0.717, 1.165) is 0 Å². The highest BCUT2D eigenvalue weighted by Gasteiger charge is 2.18. The molecule has 0 aliphatic carbocycles. The molecule has 0 spiro atoms. The van der Waals surface area contributed by atoms with Crippen LogP contribution in [0.4, 0.5) is 0 Å². The predicted molar refractivity (Wildman–Crippen MR) is 60.1 cm³/mol. The number of hydrogen-bond donors (Lipinski definition) is 0. The molecule has 14 heavy (non-hydrogen) atoms. The molecule has 78 valence electrons. The summed E-state index contributed by atoms with van der Waals surface area (Å²) in [4.78, 5) is 0.337. The van der Waals surface area contributed by atoms with Crippen LogP contribution >= 0.6 is 15.9 Å². The topological polar surface area (TPSA) is 37.4 Å². The zero-order valence-electron chi connectivity index (χ0n) is 7.85. The highest BCUT2D eigenvalue weighted by atomic mass is 79.9. The van der Waals surface area contributed by atoms with Crippen molar-refractivity contribution >= 4 is 26.0 Å². The van der Waals surface area contributed by atoms with Crippen molar-refractivity contribution in [2.24, 2.45) is 0 Å². The molecule has 1 aromatic rings. The molecule has 1 aromatic carbocycles. The SMILES string of the molecule is CN(CCBr)S(=O)(=O)c1ccccc1. The zero-order chi connectivity index (χ0) is 10.6. The largest absolute Gasteiger partial charge is 0.242 e. The molecule has 0 fully saturated rings. The third-order valence-corrected chi connectivity index (χ3v) is 4.08. The molecule has 3 nitrogen and oxygen atoms in total. The molecule has 0 heterocycles.